The quantitative estimate of drug-likeness (QED) is 0.709. The first-order valence-corrected chi connectivity index (χ1v) is 6.22. The van der Waals surface area contributed by atoms with E-state index in [0.717, 1.165) is 12.8 Å². The van der Waals surface area contributed by atoms with Crippen LogP contribution < -0.4 is 4.74 Å². The van der Waals surface area contributed by atoms with Gasteiger partial charge in [0.2, 0.25) is 0 Å². The molecule has 1 N–H and O–H groups in total. The largest absolute Gasteiger partial charge is 0.504 e. The van der Waals surface area contributed by atoms with Crippen molar-refractivity contribution in [3.05, 3.63) is 23.8 Å². The Morgan fingerprint density at radius 1 is 1.12 bits per heavy atom. The predicted octanol–water partition coefficient (Wildman–Crippen LogP) is 3.91. The molecular weight excluding hydrogens is 200 g/mol. The molecule has 0 aliphatic carbocycles. The Morgan fingerprint density at radius 3 is 2.62 bits per heavy atom. The van der Waals surface area contributed by atoms with Gasteiger partial charge in [0.15, 0.2) is 11.5 Å². The van der Waals surface area contributed by atoms with Gasteiger partial charge in [0.05, 0.1) is 6.61 Å². The number of benzene rings is 1. The third-order valence-electron chi connectivity index (χ3n) is 2.69. The van der Waals surface area contributed by atoms with Crippen molar-refractivity contribution in [1.29, 1.82) is 0 Å². The Kier molecular flexibility index (Phi) is 5.76. The summed E-state index contributed by atoms with van der Waals surface area (Å²) in [5, 5.41) is 9.61. The minimum Gasteiger partial charge on any atom is -0.504 e. The first-order chi connectivity index (χ1) is 7.77. The van der Waals surface area contributed by atoms with E-state index >= 15 is 0 Å². The standard InChI is InChI=1S/C14H22O2/c1-3-5-6-7-10-16-14-11-12(4-2)8-9-13(14)15/h8-9,11,15H,3-7,10H2,1-2H3. The number of phenolic OH excluding ortho intramolecular Hbond substituents is 1. The van der Waals surface area contributed by atoms with Crippen molar-refractivity contribution >= 4 is 0 Å². The minimum atomic E-state index is 0.243. The number of unbranched alkanes of at least 4 members (excludes halogenated alkanes) is 3. The third kappa shape index (κ3) is 4.13. The molecular formula is C14H22O2. The molecule has 0 radical (unpaired) electrons. The Hall–Kier alpha value is -1.18. The van der Waals surface area contributed by atoms with Crippen molar-refractivity contribution < 1.29 is 9.84 Å². The molecule has 0 unspecified atom stereocenters. The van der Waals surface area contributed by atoms with Gasteiger partial charge in [-0.2, -0.15) is 0 Å². The molecule has 1 rings (SSSR count). The fourth-order valence-corrected chi connectivity index (χ4v) is 1.61. The third-order valence-corrected chi connectivity index (χ3v) is 2.69. The topological polar surface area (TPSA) is 29.5 Å². The van der Waals surface area contributed by atoms with Crippen LogP contribution in [0.4, 0.5) is 0 Å². The lowest BCUT2D eigenvalue weighted by Gasteiger charge is -2.09. The molecule has 16 heavy (non-hydrogen) atoms. The molecule has 0 amide bonds. The molecule has 0 saturated carbocycles. The number of aromatic hydroxyl groups is 1. The zero-order chi connectivity index (χ0) is 11.8. The molecule has 0 atom stereocenters. The van der Waals surface area contributed by atoms with E-state index in [1.54, 1.807) is 6.07 Å². The van der Waals surface area contributed by atoms with E-state index in [4.69, 9.17) is 4.74 Å². The fourth-order valence-electron chi connectivity index (χ4n) is 1.61. The van der Waals surface area contributed by atoms with Gasteiger partial charge in [-0.1, -0.05) is 39.2 Å². The van der Waals surface area contributed by atoms with Crippen LogP contribution in [0.2, 0.25) is 0 Å². The summed E-state index contributed by atoms with van der Waals surface area (Å²) < 4.78 is 5.58. The van der Waals surface area contributed by atoms with Gasteiger partial charge in [-0.15, -0.1) is 0 Å². The average Bonchev–Trinajstić information content (AvgIpc) is 2.31. The summed E-state index contributed by atoms with van der Waals surface area (Å²) in [5.74, 6) is 0.864. The second kappa shape index (κ2) is 7.15. The van der Waals surface area contributed by atoms with E-state index in [1.807, 2.05) is 12.1 Å². The second-order valence-corrected chi connectivity index (χ2v) is 4.06. The molecule has 90 valence electrons. The number of aryl methyl sites for hydroxylation is 1. The summed E-state index contributed by atoms with van der Waals surface area (Å²) in [6.45, 7) is 4.98. The van der Waals surface area contributed by atoms with Crippen LogP contribution in [0.3, 0.4) is 0 Å². The molecule has 2 heteroatoms. The van der Waals surface area contributed by atoms with Crippen molar-refractivity contribution in [1.82, 2.24) is 0 Å². The first-order valence-electron chi connectivity index (χ1n) is 6.22. The van der Waals surface area contributed by atoms with Crippen LogP contribution in [-0.4, -0.2) is 11.7 Å². The number of rotatable bonds is 7. The van der Waals surface area contributed by atoms with Crippen molar-refractivity contribution in [2.75, 3.05) is 6.61 Å². The van der Waals surface area contributed by atoms with Crippen molar-refractivity contribution in [3.63, 3.8) is 0 Å². The second-order valence-electron chi connectivity index (χ2n) is 4.06. The molecule has 0 aromatic heterocycles. The maximum Gasteiger partial charge on any atom is 0.161 e. The highest BCUT2D eigenvalue weighted by Gasteiger charge is 2.02. The van der Waals surface area contributed by atoms with E-state index in [9.17, 15) is 5.11 Å². The summed E-state index contributed by atoms with van der Waals surface area (Å²) in [5.41, 5.74) is 1.20. The van der Waals surface area contributed by atoms with Gasteiger partial charge >= 0.3 is 0 Å². The van der Waals surface area contributed by atoms with Crippen LogP contribution in [0.25, 0.3) is 0 Å². The van der Waals surface area contributed by atoms with Gasteiger partial charge in [-0.05, 0) is 30.5 Å². The summed E-state index contributed by atoms with van der Waals surface area (Å²) in [6.07, 6.45) is 5.71. The van der Waals surface area contributed by atoms with Gasteiger partial charge in [-0.3, -0.25) is 0 Å². The number of ether oxygens (including phenoxy) is 1. The van der Waals surface area contributed by atoms with Crippen LogP contribution >= 0.6 is 0 Å². The van der Waals surface area contributed by atoms with E-state index in [-0.39, 0.29) is 5.75 Å². The summed E-state index contributed by atoms with van der Waals surface area (Å²) >= 11 is 0. The van der Waals surface area contributed by atoms with Crippen LogP contribution in [-0.2, 0) is 6.42 Å². The Balaban J connectivity index is 2.40. The minimum absolute atomic E-state index is 0.243. The molecule has 0 fully saturated rings. The molecule has 2 nitrogen and oxygen atoms in total. The van der Waals surface area contributed by atoms with Crippen molar-refractivity contribution in [3.8, 4) is 11.5 Å². The van der Waals surface area contributed by atoms with Gasteiger partial charge in [0, 0.05) is 0 Å². The zero-order valence-corrected chi connectivity index (χ0v) is 10.3. The van der Waals surface area contributed by atoms with Gasteiger partial charge in [0.25, 0.3) is 0 Å². The Bertz CT molecular complexity index is 308. The van der Waals surface area contributed by atoms with Crippen molar-refractivity contribution in [2.24, 2.45) is 0 Å². The van der Waals surface area contributed by atoms with E-state index in [1.165, 1.54) is 24.8 Å². The maximum atomic E-state index is 9.61. The number of hydrogen-bond acceptors (Lipinski definition) is 2. The summed E-state index contributed by atoms with van der Waals surface area (Å²) in [6, 6.07) is 5.56. The van der Waals surface area contributed by atoms with E-state index in [0.29, 0.717) is 12.4 Å². The highest BCUT2D eigenvalue weighted by atomic mass is 16.5. The average molecular weight is 222 g/mol. The van der Waals surface area contributed by atoms with Gasteiger partial charge in [-0.25, -0.2) is 0 Å². The normalized spacial score (nSPS) is 10.4. The Morgan fingerprint density at radius 2 is 1.94 bits per heavy atom. The van der Waals surface area contributed by atoms with Crippen LogP contribution in [0.15, 0.2) is 18.2 Å². The molecule has 0 aliphatic rings. The lowest BCUT2D eigenvalue weighted by molar-refractivity contribution is 0.289. The SMILES string of the molecule is CCCCCCOc1cc(CC)ccc1O. The zero-order valence-electron chi connectivity index (χ0n) is 10.3. The van der Waals surface area contributed by atoms with E-state index in [2.05, 4.69) is 13.8 Å². The smallest absolute Gasteiger partial charge is 0.161 e. The highest BCUT2D eigenvalue weighted by Crippen LogP contribution is 2.27. The first kappa shape index (κ1) is 12.9. The molecule has 0 aliphatic heterocycles. The molecule has 1 aromatic carbocycles. The number of hydrogen-bond donors (Lipinski definition) is 1. The summed E-state index contributed by atoms with van der Waals surface area (Å²) in [4.78, 5) is 0. The van der Waals surface area contributed by atoms with E-state index < -0.39 is 0 Å². The highest BCUT2D eigenvalue weighted by molar-refractivity contribution is 5.41. The molecule has 1 aromatic rings. The van der Waals surface area contributed by atoms with Crippen LogP contribution in [0.1, 0.15) is 45.1 Å². The van der Waals surface area contributed by atoms with Gasteiger partial charge in [0.1, 0.15) is 0 Å². The lowest BCUT2D eigenvalue weighted by Crippen LogP contribution is -1.98. The molecule has 0 bridgehead atoms. The predicted molar refractivity (Wildman–Crippen MR) is 67.1 cm³/mol. The fraction of sp³-hybridized carbons (Fsp3) is 0.571. The molecule has 0 heterocycles. The molecule has 0 saturated heterocycles. The lowest BCUT2D eigenvalue weighted by atomic mass is 10.1. The van der Waals surface area contributed by atoms with Crippen LogP contribution in [0.5, 0.6) is 11.5 Å². The van der Waals surface area contributed by atoms with Crippen molar-refractivity contribution in [2.45, 2.75) is 46.0 Å². The maximum absolute atomic E-state index is 9.61. The Labute approximate surface area is 98.3 Å². The monoisotopic (exact) mass is 222 g/mol. The van der Waals surface area contributed by atoms with Crippen LogP contribution in [0, 0.1) is 0 Å². The van der Waals surface area contributed by atoms with Gasteiger partial charge < -0.3 is 9.84 Å². The molecule has 0 spiro atoms. The number of phenols is 1. The summed E-state index contributed by atoms with van der Waals surface area (Å²) in [7, 11) is 0.